The van der Waals surface area contributed by atoms with E-state index in [1.54, 1.807) is 12.1 Å². The summed E-state index contributed by atoms with van der Waals surface area (Å²) in [6.07, 6.45) is 1.82. The van der Waals surface area contributed by atoms with Gasteiger partial charge in [-0.1, -0.05) is 13.8 Å². The minimum Gasteiger partial charge on any atom is -0.435 e. The Bertz CT molecular complexity index is 629. The molecule has 0 saturated carbocycles. The number of nitrogens with zero attached hydrogens (tertiary/aromatic N) is 1. The number of aromatic nitrogens is 1. The van der Waals surface area contributed by atoms with Crippen molar-refractivity contribution in [3.8, 4) is 5.75 Å². The van der Waals surface area contributed by atoms with Gasteiger partial charge in [0.15, 0.2) is 0 Å². The summed E-state index contributed by atoms with van der Waals surface area (Å²) in [5.41, 5.74) is 3.84. The highest BCUT2D eigenvalue weighted by Crippen LogP contribution is 2.32. The van der Waals surface area contributed by atoms with E-state index < -0.39 is 6.61 Å². The molecule has 0 atom stereocenters. The van der Waals surface area contributed by atoms with Crippen LogP contribution in [0.3, 0.4) is 0 Å². The summed E-state index contributed by atoms with van der Waals surface area (Å²) in [6.45, 7) is 4.12. The van der Waals surface area contributed by atoms with Crippen LogP contribution in [0.2, 0.25) is 0 Å². The quantitative estimate of drug-likeness (QED) is 0.850. The third kappa shape index (κ3) is 3.40. The molecule has 0 aliphatic carbocycles. The molecule has 0 radical (unpaired) electrons. The molecule has 0 aliphatic rings. The molecule has 0 aliphatic heterocycles. The van der Waals surface area contributed by atoms with E-state index in [-0.39, 0.29) is 5.75 Å². The van der Waals surface area contributed by atoms with Crippen LogP contribution in [-0.4, -0.2) is 18.1 Å². The third-order valence-electron chi connectivity index (χ3n) is 3.39. The smallest absolute Gasteiger partial charge is 0.387 e. The van der Waals surface area contributed by atoms with Crippen molar-refractivity contribution in [3.05, 3.63) is 29.5 Å². The van der Waals surface area contributed by atoms with Gasteiger partial charge >= 0.3 is 6.61 Å². The number of nitrogens with one attached hydrogen (secondary N) is 1. The highest BCUT2D eigenvalue weighted by molar-refractivity contribution is 5.94. The zero-order valence-electron chi connectivity index (χ0n) is 12.5. The van der Waals surface area contributed by atoms with Gasteiger partial charge in [0.2, 0.25) is 0 Å². The van der Waals surface area contributed by atoms with E-state index in [2.05, 4.69) is 28.9 Å². The van der Waals surface area contributed by atoms with E-state index in [1.807, 2.05) is 6.92 Å². The number of rotatable bonds is 6. The minimum absolute atomic E-state index is 0.157. The fraction of sp³-hybridized carbons (Fsp3) is 0.438. The van der Waals surface area contributed by atoms with Crippen molar-refractivity contribution >= 4 is 16.6 Å². The molecule has 3 nitrogen and oxygen atoms in total. The molecule has 0 unspecified atom stereocenters. The first-order valence-electron chi connectivity index (χ1n) is 7.18. The highest BCUT2D eigenvalue weighted by Gasteiger charge is 2.13. The number of anilines is 1. The van der Waals surface area contributed by atoms with Crippen molar-refractivity contribution in [1.29, 1.82) is 0 Å². The molecule has 1 aromatic heterocycles. The van der Waals surface area contributed by atoms with E-state index >= 15 is 0 Å². The minimum atomic E-state index is -2.82. The van der Waals surface area contributed by atoms with Gasteiger partial charge < -0.3 is 10.1 Å². The first-order valence-corrected chi connectivity index (χ1v) is 7.18. The van der Waals surface area contributed by atoms with Crippen LogP contribution < -0.4 is 10.1 Å². The standard InChI is InChI=1S/C16H20F2N2O/c1-4-8-19-15-12(5-2)10(3)20-14-7-6-11(9-13(14)15)21-16(17)18/h6-7,9,16H,4-5,8H2,1-3H3,(H,19,20). The molecule has 21 heavy (non-hydrogen) atoms. The zero-order valence-corrected chi connectivity index (χ0v) is 12.5. The van der Waals surface area contributed by atoms with Gasteiger partial charge in [-0.15, -0.1) is 0 Å². The molecular formula is C16H20F2N2O. The van der Waals surface area contributed by atoms with Gasteiger partial charge in [0, 0.05) is 23.3 Å². The Morgan fingerprint density at radius 1 is 1.29 bits per heavy atom. The van der Waals surface area contributed by atoms with Gasteiger partial charge in [0.05, 0.1) is 5.52 Å². The maximum Gasteiger partial charge on any atom is 0.387 e. The van der Waals surface area contributed by atoms with Gasteiger partial charge in [0.25, 0.3) is 0 Å². The van der Waals surface area contributed by atoms with Crippen LogP contribution >= 0.6 is 0 Å². The van der Waals surface area contributed by atoms with Crippen molar-refractivity contribution < 1.29 is 13.5 Å². The number of alkyl halides is 2. The van der Waals surface area contributed by atoms with Crippen molar-refractivity contribution in [3.63, 3.8) is 0 Å². The Labute approximate surface area is 123 Å². The second-order valence-corrected chi connectivity index (χ2v) is 4.89. The Morgan fingerprint density at radius 2 is 2.05 bits per heavy atom. The molecule has 1 aromatic carbocycles. The maximum absolute atomic E-state index is 12.4. The number of fused-ring (bicyclic) bond motifs is 1. The predicted molar refractivity (Wildman–Crippen MR) is 81.3 cm³/mol. The maximum atomic E-state index is 12.4. The van der Waals surface area contributed by atoms with Gasteiger partial charge in [-0.2, -0.15) is 8.78 Å². The Kier molecular flexibility index (Phi) is 4.94. The predicted octanol–water partition coefficient (Wildman–Crippen LogP) is 4.53. The molecule has 114 valence electrons. The summed E-state index contributed by atoms with van der Waals surface area (Å²) in [5, 5.41) is 4.22. The topological polar surface area (TPSA) is 34.2 Å². The lowest BCUT2D eigenvalue weighted by Crippen LogP contribution is -2.07. The van der Waals surface area contributed by atoms with Gasteiger partial charge in [-0.25, -0.2) is 0 Å². The van der Waals surface area contributed by atoms with Crippen LogP contribution in [0.4, 0.5) is 14.5 Å². The first kappa shape index (κ1) is 15.5. The second-order valence-electron chi connectivity index (χ2n) is 4.89. The largest absolute Gasteiger partial charge is 0.435 e. The van der Waals surface area contributed by atoms with Crippen LogP contribution in [-0.2, 0) is 6.42 Å². The lowest BCUT2D eigenvalue weighted by molar-refractivity contribution is -0.0497. The third-order valence-corrected chi connectivity index (χ3v) is 3.39. The van der Waals surface area contributed by atoms with Crippen molar-refractivity contribution in [2.24, 2.45) is 0 Å². The van der Waals surface area contributed by atoms with E-state index in [1.165, 1.54) is 6.07 Å². The Hall–Kier alpha value is -1.91. The molecule has 5 heteroatoms. The molecule has 0 bridgehead atoms. The van der Waals surface area contributed by atoms with Crippen LogP contribution in [0, 0.1) is 6.92 Å². The summed E-state index contributed by atoms with van der Waals surface area (Å²) < 4.78 is 29.3. The number of halogens is 2. The summed E-state index contributed by atoms with van der Waals surface area (Å²) in [6, 6.07) is 4.87. The fourth-order valence-corrected chi connectivity index (χ4v) is 2.47. The lowest BCUT2D eigenvalue weighted by atomic mass is 10.0. The molecule has 1 heterocycles. The summed E-state index contributed by atoms with van der Waals surface area (Å²) in [5.74, 6) is 0.157. The number of hydrogen-bond acceptors (Lipinski definition) is 3. The Morgan fingerprint density at radius 3 is 2.67 bits per heavy atom. The molecule has 2 rings (SSSR count). The lowest BCUT2D eigenvalue weighted by Gasteiger charge is -2.16. The monoisotopic (exact) mass is 294 g/mol. The SMILES string of the molecule is CCCNc1c(CC)c(C)nc2ccc(OC(F)F)cc12. The van der Waals surface area contributed by atoms with Crippen molar-refractivity contribution in [1.82, 2.24) is 4.98 Å². The van der Waals surface area contributed by atoms with Crippen LogP contribution in [0.5, 0.6) is 5.75 Å². The number of benzene rings is 1. The average Bonchev–Trinajstić information content (AvgIpc) is 2.44. The number of ether oxygens (including phenoxy) is 1. The molecule has 0 amide bonds. The van der Waals surface area contributed by atoms with E-state index in [9.17, 15) is 8.78 Å². The number of hydrogen-bond donors (Lipinski definition) is 1. The summed E-state index contributed by atoms with van der Waals surface area (Å²) in [7, 11) is 0. The first-order chi connectivity index (χ1) is 10.1. The van der Waals surface area contributed by atoms with E-state index in [0.29, 0.717) is 0 Å². The highest BCUT2D eigenvalue weighted by atomic mass is 19.3. The van der Waals surface area contributed by atoms with E-state index in [0.717, 1.165) is 47.2 Å². The van der Waals surface area contributed by atoms with Crippen molar-refractivity contribution in [2.75, 3.05) is 11.9 Å². The summed E-state index contributed by atoms with van der Waals surface area (Å²) in [4.78, 5) is 4.55. The zero-order chi connectivity index (χ0) is 15.4. The van der Waals surface area contributed by atoms with Gasteiger partial charge in [-0.05, 0) is 43.5 Å². The van der Waals surface area contributed by atoms with Crippen LogP contribution in [0.15, 0.2) is 18.2 Å². The number of aryl methyl sites for hydroxylation is 1. The van der Waals surface area contributed by atoms with Crippen molar-refractivity contribution in [2.45, 2.75) is 40.2 Å². The molecule has 0 fully saturated rings. The van der Waals surface area contributed by atoms with Gasteiger partial charge in [0.1, 0.15) is 5.75 Å². The van der Waals surface area contributed by atoms with Gasteiger partial charge in [-0.3, -0.25) is 4.98 Å². The molecule has 0 saturated heterocycles. The molecule has 0 spiro atoms. The number of pyridine rings is 1. The molecule has 2 aromatic rings. The molecule has 1 N–H and O–H groups in total. The average molecular weight is 294 g/mol. The second kappa shape index (κ2) is 6.70. The van der Waals surface area contributed by atoms with Crippen LogP contribution in [0.1, 0.15) is 31.5 Å². The summed E-state index contributed by atoms with van der Waals surface area (Å²) >= 11 is 0. The van der Waals surface area contributed by atoms with E-state index in [4.69, 9.17) is 0 Å². The fourth-order valence-electron chi connectivity index (χ4n) is 2.47. The van der Waals surface area contributed by atoms with Crippen LogP contribution in [0.25, 0.3) is 10.9 Å². The Balaban J connectivity index is 2.59. The molecular weight excluding hydrogens is 274 g/mol. The normalized spacial score (nSPS) is 11.1.